The van der Waals surface area contributed by atoms with E-state index in [1.807, 2.05) is 41.2 Å². The summed E-state index contributed by atoms with van der Waals surface area (Å²) in [6.07, 6.45) is 22.6. The maximum Gasteiger partial charge on any atom is 0.190 e. The van der Waals surface area contributed by atoms with Crippen molar-refractivity contribution in [2.24, 2.45) is 97.0 Å². The van der Waals surface area contributed by atoms with Crippen LogP contribution in [0.2, 0.25) is 0 Å². The quantitative estimate of drug-likeness (QED) is 0.0413. The SMILES string of the molecule is CNCC1C(O)C(O)CC2(C)C3C(=CC(=O)C12)C1(O)C2CC(C4CC5CCCC6=C5C(C(=C5CCCC7(CCCC7)C65)C(C)(C)CC(n5ccnc5)CSSC25CCCC52CCC(O)C2)C4O)C1(CO)CC3CN=C(N)NC(C)O. The number of aliphatic hydroxyl groups excluding tert-OH is 6. The Morgan fingerprint density at radius 2 is 1.70 bits per heavy atom. The van der Waals surface area contributed by atoms with Gasteiger partial charge in [0.1, 0.15) is 6.23 Å². The number of carbonyl (C=O) groups excluding carboxylic acids is 1. The van der Waals surface area contributed by atoms with Crippen LogP contribution in [0.3, 0.4) is 0 Å². The van der Waals surface area contributed by atoms with Gasteiger partial charge in [-0.15, -0.1) is 0 Å². The zero-order valence-corrected chi connectivity index (χ0v) is 50.1. The Kier molecular flexibility index (Phi) is 14.5. The topological polar surface area (TPSA) is 239 Å². The highest BCUT2D eigenvalue weighted by atomic mass is 33.1. The van der Waals surface area contributed by atoms with Crippen LogP contribution < -0.4 is 16.4 Å². The lowest BCUT2D eigenvalue weighted by molar-refractivity contribution is -0.198. The fourth-order valence-corrected chi connectivity index (χ4v) is 27.6. The van der Waals surface area contributed by atoms with Gasteiger partial charge in [-0.25, -0.2) is 4.98 Å². The van der Waals surface area contributed by atoms with Gasteiger partial charge in [-0.2, -0.15) is 0 Å². The van der Waals surface area contributed by atoms with Gasteiger partial charge in [0.15, 0.2) is 11.7 Å². The van der Waals surface area contributed by atoms with Crippen molar-refractivity contribution in [2.75, 3.05) is 32.5 Å². The molecule has 9 fully saturated rings. The Bertz CT molecular complexity index is 2690. The molecule has 0 aromatic carbocycles. The highest BCUT2D eigenvalue weighted by molar-refractivity contribution is 8.77. The van der Waals surface area contributed by atoms with Crippen LogP contribution in [0.15, 0.2) is 57.7 Å². The number of guanidine groups is 1. The van der Waals surface area contributed by atoms with Crippen LogP contribution in [0.25, 0.3) is 0 Å². The fraction of sp³-hybridized carbons (Fsp3) is 0.828. The number of ketones is 1. The number of imidazole rings is 1. The fourth-order valence-electron chi connectivity index (χ4n) is 23.4. The smallest absolute Gasteiger partial charge is 0.190 e. The number of rotatable bonds is 7. The van der Waals surface area contributed by atoms with Gasteiger partial charge < -0.3 is 56.7 Å². The van der Waals surface area contributed by atoms with Crippen molar-refractivity contribution < 1.29 is 40.5 Å². The van der Waals surface area contributed by atoms with E-state index in [0.29, 0.717) is 43.7 Å². The van der Waals surface area contributed by atoms with Gasteiger partial charge in [0.05, 0.1) is 43.0 Å². The highest BCUT2D eigenvalue weighted by Gasteiger charge is 2.80. The van der Waals surface area contributed by atoms with Crippen molar-refractivity contribution in [3.8, 4) is 0 Å². The summed E-state index contributed by atoms with van der Waals surface area (Å²) in [6, 6.07) is 0.0717. The van der Waals surface area contributed by atoms with Crippen LogP contribution in [0, 0.1) is 86.3 Å². The van der Waals surface area contributed by atoms with E-state index in [0.717, 1.165) is 70.0 Å². The predicted molar refractivity (Wildman–Crippen MR) is 314 cm³/mol. The highest BCUT2D eigenvalue weighted by Crippen LogP contribution is 2.80. The largest absolute Gasteiger partial charge is 0.396 e. The summed E-state index contributed by atoms with van der Waals surface area (Å²) in [4.78, 5) is 25.4. The Morgan fingerprint density at radius 1 is 0.925 bits per heavy atom. The molecule has 11 aliphatic carbocycles. The van der Waals surface area contributed by atoms with Crippen molar-refractivity contribution in [1.82, 2.24) is 20.2 Å². The van der Waals surface area contributed by atoms with E-state index in [9.17, 15) is 30.6 Å². The molecular weight excluding hydrogens is 1040 g/mol. The molecule has 14 nitrogen and oxygen atoms in total. The molecule has 21 unspecified atom stereocenters. The third-order valence-electron chi connectivity index (χ3n) is 25.7. The summed E-state index contributed by atoms with van der Waals surface area (Å²) in [6.45, 7) is 8.79. The van der Waals surface area contributed by atoms with E-state index in [4.69, 9.17) is 10.7 Å². The number of aromatic nitrogens is 2. The van der Waals surface area contributed by atoms with E-state index in [1.165, 1.54) is 44.1 Å². The summed E-state index contributed by atoms with van der Waals surface area (Å²) >= 11 is 0. The maximum atomic E-state index is 15.8. The molecule has 21 atom stereocenters. The molecule has 13 rings (SSSR count). The number of hydrogen-bond acceptors (Lipinski definition) is 13. The molecule has 8 saturated carbocycles. The van der Waals surface area contributed by atoms with Crippen LogP contribution in [0.4, 0.5) is 0 Å². The molecule has 1 saturated heterocycles. The van der Waals surface area contributed by atoms with Crippen molar-refractivity contribution >= 4 is 33.3 Å². The summed E-state index contributed by atoms with van der Waals surface area (Å²) in [5, 5.41) is 95.6. The zero-order chi connectivity index (χ0) is 56.1. The van der Waals surface area contributed by atoms with Crippen molar-refractivity contribution in [3.05, 3.63) is 52.7 Å². The van der Waals surface area contributed by atoms with Gasteiger partial charge in [-0.05, 0) is 192 Å². The molecule has 4 bridgehead atoms. The van der Waals surface area contributed by atoms with Gasteiger partial charge in [-0.3, -0.25) is 9.79 Å². The first-order valence-corrected chi connectivity index (χ1v) is 34.0. The Hall–Kier alpha value is -2.25. The predicted octanol–water partition coefficient (Wildman–Crippen LogP) is 7.77. The Balaban J connectivity index is 1.07. The van der Waals surface area contributed by atoms with Crippen LogP contribution in [-0.2, 0) is 4.79 Å². The van der Waals surface area contributed by atoms with Crippen LogP contribution in [-0.4, -0.2) is 131 Å². The second-order valence-corrected chi connectivity index (χ2v) is 32.4. The molecular formula is C64H96N6O8S2. The number of nitrogens with two attached hydrogens (primary N) is 1. The van der Waals surface area contributed by atoms with Gasteiger partial charge in [0.2, 0.25) is 0 Å². The lowest BCUT2D eigenvalue weighted by Crippen LogP contribution is -2.70. The summed E-state index contributed by atoms with van der Waals surface area (Å²) in [7, 11) is 5.67. The van der Waals surface area contributed by atoms with E-state index in [2.05, 4.69) is 47.2 Å². The molecule has 0 amide bonds. The molecule has 12 aliphatic rings. The molecule has 442 valence electrons. The standard InChI is InChI=1S/C64H96N6O8S2/c1-35(72)69-57(65)68-30-37-26-62(33-71)44-25-48(64(62,78)45-24-46(74)53-43(31-66-5)55(76)47(75)29-59(53,4)51(37)45)63(19-10-18-61(63)20-14-39(73)28-61)80-79-32-38(70-22-21-67-34-70)27-58(2,3)54-41-13-9-17-60(15-6-7-16-60)52(41)40-12-8-11-36-23-42(44)56(77)50(54)49(36)40/h21-22,24,34-39,42-44,47-48,50-53,55-56,66,71-73,75-78H,6-20,23,25-33H2,1-5H3,(H3,65,68,69). The third kappa shape index (κ3) is 8.09. The maximum absolute atomic E-state index is 15.8. The number of nitrogens with one attached hydrogen (secondary N) is 2. The minimum Gasteiger partial charge on any atom is -0.396 e. The van der Waals surface area contributed by atoms with Gasteiger partial charge in [-0.1, -0.05) is 83.9 Å². The molecule has 2 heterocycles. The monoisotopic (exact) mass is 1140 g/mol. The molecule has 80 heavy (non-hydrogen) atoms. The van der Waals surface area contributed by atoms with Gasteiger partial charge >= 0.3 is 0 Å². The van der Waals surface area contributed by atoms with Gasteiger partial charge in [0, 0.05) is 77.0 Å². The van der Waals surface area contributed by atoms with E-state index < -0.39 is 81.4 Å². The molecule has 16 heteroatoms. The van der Waals surface area contributed by atoms with Crippen LogP contribution in [0.5, 0.6) is 0 Å². The number of nitrogens with zero attached hydrogens (tertiary/aromatic N) is 3. The summed E-state index contributed by atoms with van der Waals surface area (Å²) in [5.74, 6) is -2.19. The number of allylic oxidation sites excluding steroid dienone is 3. The minimum atomic E-state index is -1.77. The Morgan fingerprint density at radius 3 is 2.41 bits per heavy atom. The lowest BCUT2D eigenvalue weighted by Gasteiger charge is -2.66. The first-order chi connectivity index (χ1) is 38.2. The minimum absolute atomic E-state index is 0.0709. The number of carbonyl (C=O) groups is 1. The molecule has 1 aromatic rings. The van der Waals surface area contributed by atoms with Crippen molar-refractivity contribution in [3.63, 3.8) is 0 Å². The number of aliphatic imine (C=N–C) groups is 1. The van der Waals surface area contributed by atoms with E-state index in [-0.39, 0.29) is 77.3 Å². The second-order valence-electron chi connectivity index (χ2n) is 29.7. The lowest BCUT2D eigenvalue weighted by atomic mass is 9.40. The molecule has 0 radical (unpaired) electrons. The summed E-state index contributed by atoms with van der Waals surface area (Å²) in [5.41, 5.74) is 9.17. The Labute approximate surface area is 483 Å². The number of fused-ring (bicyclic) bond motifs is 16. The van der Waals surface area contributed by atoms with Crippen molar-refractivity contribution in [1.29, 1.82) is 0 Å². The zero-order valence-electron chi connectivity index (χ0n) is 48.5. The third-order valence-corrected chi connectivity index (χ3v) is 29.2. The summed E-state index contributed by atoms with van der Waals surface area (Å²) < 4.78 is 1.72. The van der Waals surface area contributed by atoms with Crippen LogP contribution in [0.1, 0.15) is 169 Å². The average Bonchev–Trinajstić information content (AvgIpc) is 1.59. The molecule has 1 aromatic heterocycles. The first-order valence-electron chi connectivity index (χ1n) is 31.7. The molecule has 1 aliphatic heterocycles. The molecule has 11 N–H and O–H groups in total. The van der Waals surface area contributed by atoms with Gasteiger partial charge in [0.25, 0.3) is 0 Å². The van der Waals surface area contributed by atoms with Crippen molar-refractivity contribution in [2.45, 2.75) is 210 Å². The normalized spacial score (nSPS) is 47.9. The van der Waals surface area contributed by atoms with Crippen LogP contribution >= 0.6 is 21.6 Å². The average molecular weight is 1140 g/mol. The number of aliphatic hydroxyl groups is 7. The van der Waals surface area contributed by atoms with E-state index in [1.54, 1.807) is 29.7 Å². The molecule has 3 spiro atoms. The second kappa shape index (κ2) is 20.4. The number of hydrogen-bond donors (Lipinski definition) is 10. The van der Waals surface area contributed by atoms with E-state index >= 15 is 9.90 Å². The first kappa shape index (κ1) is 56.9.